The van der Waals surface area contributed by atoms with E-state index in [1.165, 1.54) is 6.92 Å². The van der Waals surface area contributed by atoms with Crippen molar-refractivity contribution in [3.05, 3.63) is 35.1 Å². The van der Waals surface area contributed by atoms with Gasteiger partial charge in [0.1, 0.15) is 0 Å². The number of carboxylic acids is 1. The van der Waals surface area contributed by atoms with Crippen molar-refractivity contribution in [3.8, 4) is 0 Å². The van der Waals surface area contributed by atoms with Crippen LogP contribution in [0.2, 0.25) is 0 Å². The molecule has 2 nitrogen and oxygen atoms in total. The molecule has 0 amide bonds. The number of aliphatic carboxylic acids is 1. The molecule has 1 aromatic rings. The van der Waals surface area contributed by atoms with Crippen molar-refractivity contribution in [3.63, 3.8) is 0 Å². The van der Waals surface area contributed by atoms with Gasteiger partial charge in [-0.3, -0.25) is 4.79 Å². The van der Waals surface area contributed by atoms with Crippen LogP contribution in [0.25, 0.3) is 0 Å². The average Bonchev–Trinajstić information content (AvgIpc) is 2.13. The summed E-state index contributed by atoms with van der Waals surface area (Å²) < 4.78 is 38.0. The fourth-order valence-electron chi connectivity index (χ4n) is 1.17. The van der Waals surface area contributed by atoms with E-state index in [9.17, 15) is 18.0 Å². The van der Waals surface area contributed by atoms with Crippen LogP contribution in [0.3, 0.4) is 0 Å². The van der Waals surface area contributed by atoms with E-state index in [1.807, 2.05) is 0 Å². The Morgan fingerprint density at radius 1 is 1.33 bits per heavy atom. The van der Waals surface area contributed by atoms with Crippen molar-refractivity contribution in [2.75, 3.05) is 0 Å². The predicted molar refractivity (Wildman–Crippen MR) is 46.8 cm³/mol. The van der Waals surface area contributed by atoms with Crippen LogP contribution in [0.15, 0.2) is 12.1 Å². The standard InChI is InChI=1S/C10H9F3O2/c1-5(10(14)15)2-6-3-7(11)9(13)8(12)4-6/h3-5H,2H2,1H3,(H,14,15). The van der Waals surface area contributed by atoms with Crippen molar-refractivity contribution in [1.82, 2.24) is 0 Å². The lowest BCUT2D eigenvalue weighted by atomic mass is 10.0. The molecule has 1 atom stereocenters. The fourth-order valence-corrected chi connectivity index (χ4v) is 1.17. The normalized spacial score (nSPS) is 12.5. The maximum absolute atomic E-state index is 12.7. The van der Waals surface area contributed by atoms with Gasteiger partial charge in [-0.25, -0.2) is 13.2 Å². The molecular formula is C10H9F3O2. The molecular weight excluding hydrogens is 209 g/mol. The van der Waals surface area contributed by atoms with E-state index >= 15 is 0 Å². The first kappa shape index (κ1) is 11.6. The summed E-state index contributed by atoms with van der Waals surface area (Å²) in [5.74, 6) is -5.98. The third-order valence-corrected chi connectivity index (χ3v) is 2.01. The molecule has 5 heteroatoms. The van der Waals surface area contributed by atoms with Crippen LogP contribution in [-0.4, -0.2) is 11.1 Å². The summed E-state index contributed by atoms with van der Waals surface area (Å²) in [6.45, 7) is 1.40. The quantitative estimate of drug-likeness (QED) is 0.791. The highest BCUT2D eigenvalue weighted by atomic mass is 19.2. The molecule has 15 heavy (non-hydrogen) atoms. The summed E-state index contributed by atoms with van der Waals surface area (Å²) >= 11 is 0. The molecule has 0 spiro atoms. The Hall–Kier alpha value is -1.52. The van der Waals surface area contributed by atoms with Gasteiger partial charge in [0.25, 0.3) is 0 Å². The minimum absolute atomic E-state index is 0.0382. The molecule has 0 aromatic heterocycles. The van der Waals surface area contributed by atoms with Gasteiger partial charge in [0, 0.05) is 0 Å². The van der Waals surface area contributed by atoms with Crippen LogP contribution in [0, 0.1) is 23.4 Å². The average molecular weight is 218 g/mol. The summed E-state index contributed by atoms with van der Waals surface area (Å²) in [5.41, 5.74) is 0.126. The molecule has 82 valence electrons. The second-order valence-electron chi connectivity index (χ2n) is 3.32. The van der Waals surface area contributed by atoms with Crippen LogP contribution in [-0.2, 0) is 11.2 Å². The summed E-state index contributed by atoms with van der Waals surface area (Å²) in [7, 11) is 0. The predicted octanol–water partition coefficient (Wildman–Crippen LogP) is 2.37. The third-order valence-electron chi connectivity index (χ3n) is 2.01. The smallest absolute Gasteiger partial charge is 0.306 e. The molecule has 1 unspecified atom stereocenters. The first-order chi connectivity index (χ1) is 6.91. The molecule has 1 N–H and O–H groups in total. The summed E-state index contributed by atoms with van der Waals surface area (Å²) in [4.78, 5) is 10.5. The third kappa shape index (κ3) is 2.71. The second-order valence-corrected chi connectivity index (χ2v) is 3.32. The lowest BCUT2D eigenvalue weighted by Gasteiger charge is -2.06. The van der Waals surface area contributed by atoms with E-state index in [2.05, 4.69) is 0 Å². The highest BCUT2D eigenvalue weighted by Crippen LogP contribution is 2.16. The first-order valence-electron chi connectivity index (χ1n) is 4.28. The zero-order chi connectivity index (χ0) is 11.6. The van der Waals surface area contributed by atoms with Gasteiger partial charge in [-0.2, -0.15) is 0 Å². The van der Waals surface area contributed by atoms with Gasteiger partial charge in [0.15, 0.2) is 17.5 Å². The molecule has 0 aliphatic heterocycles. The van der Waals surface area contributed by atoms with Crippen LogP contribution in [0.5, 0.6) is 0 Å². The van der Waals surface area contributed by atoms with Gasteiger partial charge in [0.05, 0.1) is 5.92 Å². The number of carbonyl (C=O) groups is 1. The van der Waals surface area contributed by atoms with Gasteiger partial charge < -0.3 is 5.11 Å². The van der Waals surface area contributed by atoms with Crippen molar-refractivity contribution in [2.45, 2.75) is 13.3 Å². The Bertz CT molecular complexity index is 367. The molecule has 0 saturated heterocycles. The highest BCUT2D eigenvalue weighted by Gasteiger charge is 2.15. The van der Waals surface area contributed by atoms with Gasteiger partial charge in [-0.1, -0.05) is 6.92 Å². The number of benzene rings is 1. The monoisotopic (exact) mass is 218 g/mol. The number of rotatable bonds is 3. The lowest BCUT2D eigenvalue weighted by molar-refractivity contribution is -0.141. The first-order valence-corrected chi connectivity index (χ1v) is 4.28. The fraction of sp³-hybridized carbons (Fsp3) is 0.300. The Kier molecular flexibility index (Phi) is 3.34. The zero-order valence-electron chi connectivity index (χ0n) is 7.93. The van der Waals surface area contributed by atoms with Gasteiger partial charge in [0.2, 0.25) is 0 Å². The van der Waals surface area contributed by atoms with E-state index in [-0.39, 0.29) is 12.0 Å². The van der Waals surface area contributed by atoms with Gasteiger partial charge >= 0.3 is 5.97 Å². The van der Waals surface area contributed by atoms with Crippen LogP contribution in [0.1, 0.15) is 12.5 Å². The number of hydrogen-bond donors (Lipinski definition) is 1. The molecule has 0 radical (unpaired) electrons. The molecule has 0 fully saturated rings. The zero-order valence-corrected chi connectivity index (χ0v) is 7.93. The highest BCUT2D eigenvalue weighted by molar-refractivity contribution is 5.69. The minimum atomic E-state index is -1.54. The molecule has 0 bridgehead atoms. The Labute approximate surface area is 84.3 Å². The van der Waals surface area contributed by atoms with Crippen LogP contribution in [0.4, 0.5) is 13.2 Å². The SMILES string of the molecule is CC(Cc1cc(F)c(F)c(F)c1)C(=O)O. The second kappa shape index (κ2) is 4.33. The van der Waals surface area contributed by atoms with Crippen molar-refractivity contribution >= 4 is 5.97 Å². The topological polar surface area (TPSA) is 37.3 Å². The Balaban J connectivity index is 2.92. The molecule has 0 saturated carbocycles. The lowest BCUT2D eigenvalue weighted by Crippen LogP contribution is -2.12. The van der Waals surface area contributed by atoms with Gasteiger partial charge in [-0.15, -0.1) is 0 Å². The van der Waals surface area contributed by atoms with E-state index in [1.54, 1.807) is 0 Å². The van der Waals surface area contributed by atoms with Crippen molar-refractivity contribution in [2.24, 2.45) is 5.92 Å². The van der Waals surface area contributed by atoms with Crippen molar-refractivity contribution < 1.29 is 23.1 Å². The summed E-state index contributed by atoms with van der Waals surface area (Å²) in [6, 6.07) is 1.61. The van der Waals surface area contributed by atoms with Crippen LogP contribution >= 0.6 is 0 Å². The molecule has 0 heterocycles. The summed E-state index contributed by atoms with van der Waals surface area (Å²) in [5, 5.41) is 8.57. The van der Waals surface area contributed by atoms with E-state index in [4.69, 9.17) is 5.11 Å². The summed E-state index contributed by atoms with van der Waals surface area (Å²) in [6.07, 6.45) is -0.0382. The van der Waals surface area contributed by atoms with Gasteiger partial charge in [-0.05, 0) is 24.1 Å². The van der Waals surface area contributed by atoms with E-state index in [0.29, 0.717) is 0 Å². The maximum Gasteiger partial charge on any atom is 0.306 e. The molecule has 1 rings (SSSR count). The van der Waals surface area contributed by atoms with Crippen molar-refractivity contribution in [1.29, 1.82) is 0 Å². The van der Waals surface area contributed by atoms with Crippen LogP contribution < -0.4 is 0 Å². The largest absolute Gasteiger partial charge is 0.481 e. The van der Waals surface area contributed by atoms with E-state index < -0.39 is 29.3 Å². The Morgan fingerprint density at radius 2 is 1.80 bits per heavy atom. The molecule has 0 aliphatic carbocycles. The molecule has 0 aliphatic rings. The van der Waals surface area contributed by atoms with E-state index in [0.717, 1.165) is 12.1 Å². The molecule has 1 aromatic carbocycles. The minimum Gasteiger partial charge on any atom is -0.481 e. The number of hydrogen-bond acceptors (Lipinski definition) is 1. The Morgan fingerprint density at radius 3 is 2.20 bits per heavy atom. The number of carboxylic acid groups (broad SMARTS) is 1. The maximum atomic E-state index is 12.7. The number of halogens is 3.